The molecule has 1 N–H and O–H groups in total. The Morgan fingerprint density at radius 3 is 2.50 bits per heavy atom. The molecule has 0 bridgehead atoms. The molecule has 3 heteroatoms. The van der Waals surface area contributed by atoms with Gasteiger partial charge in [0.15, 0.2) is 0 Å². The fourth-order valence-corrected chi connectivity index (χ4v) is 1.97. The Morgan fingerprint density at radius 1 is 1.11 bits per heavy atom. The number of rotatable bonds is 6. The maximum Gasteiger partial charge on any atom is 0.122 e. The number of nitrogens with zero attached hydrogens (tertiary/aromatic N) is 1. The van der Waals surface area contributed by atoms with Gasteiger partial charge in [0, 0.05) is 13.1 Å². The summed E-state index contributed by atoms with van der Waals surface area (Å²) in [4.78, 5) is 2.16. The lowest BCUT2D eigenvalue weighted by molar-refractivity contribution is 0.250. The van der Waals surface area contributed by atoms with Gasteiger partial charge >= 0.3 is 0 Å². The molecule has 0 aliphatic heterocycles. The summed E-state index contributed by atoms with van der Waals surface area (Å²) in [5, 5.41) is 3.47. The Bertz CT molecular complexity index is 437. The van der Waals surface area contributed by atoms with Gasteiger partial charge in [-0.25, -0.2) is 0 Å². The summed E-state index contributed by atoms with van der Waals surface area (Å²) in [6, 6.07) is 14.6. The van der Waals surface area contributed by atoms with Crippen molar-refractivity contribution in [2.24, 2.45) is 0 Å². The fraction of sp³-hybridized carbons (Fsp3) is 0.333. The van der Waals surface area contributed by atoms with Crippen LogP contribution >= 0.6 is 0 Å². The molecule has 1 atom stereocenters. The van der Waals surface area contributed by atoms with Crippen LogP contribution in [-0.4, -0.2) is 25.5 Å². The minimum atomic E-state index is 0.267. The summed E-state index contributed by atoms with van der Waals surface area (Å²) in [6.45, 7) is 1.75. The van der Waals surface area contributed by atoms with E-state index in [1.165, 1.54) is 5.56 Å². The third-order valence-corrected chi connectivity index (χ3v) is 3.00. The molecule has 0 fully saturated rings. The van der Waals surface area contributed by atoms with Gasteiger partial charge in [-0.1, -0.05) is 30.3 Å². The SMILES string of the molecule is CN(C)C(CNCc1ccccc1)c1ccco1. The highest BCUT2D eigenvalue weighted by Crippen LogP contribution is 2.17. The summed E-state index contributed by atoms with van der Waals surface area (Å²) < 4.78 is 5.48. The first-order valence-electron chi connectivity index (χ1n) is 6.22. The molecule has 1 unspecified atom stereocenters. The number of hydrogen-bond donors (Lipinski definition) is 1. The first-order valence-corrected chi connectivity index (χ1v) is 6.22. The molecule has 1 aromatic heterocycles. The number of likely N-dealkylation sites (N-methyl/N-ethyl adjacent to an activating group) is 1. The highest BCUT2D eigenvalue weighted by molar-refractivity contribution is 5.14. The quantitative estimate of drug-likeness (QED) is 0.847. The van der Waals surface area contributed by atoms with Crippen molar-refractivity contribution in [1.29, 1.82) is 0 Å². The van der Waals surface area contributed by atoms with E-state index in [1.54, 1.807) is 6.26 Å². The van der Waals surface area contributed by atoms with Crippen LogP contribution in [0.4, 0.5) is 0 Å². The number of nitrogens with one attached hydrogen (secondary N) is 1. The van der Waals surface area contributed by atoms with E-state index in [2.05, 4.69) is 48.6 Å². The van der Waals surface area contributed by atoms with Crippen molar-refractivity contribution >= 4 is 0 Å². The number of furan rings is 1. The van der Waals surface area contributed by atoms with Crippen LogP contribution < -0.4 is 5.32 Å². The zero-order valence-corrected chi connectivity index (χ0v) is 11.0. The van der Waals surface area contributed by atoms with Crippen LogP contribution in [0.5, 0.6) is 0 Å². The lowest BCUT2D eigenvalue weighted by atomic mass is 10.2. The zero-order valence-electron chi connectivity index (χ0n) is 11.0. The molecule has 18 heavy (non-hydrogen) atoms. The van der Waals surface area contributed by atoms with Gasteiger partial charge in [0.1, 0.15) is 5.76 Å². The molecule has 3 nitrogen and oxygen atoms in total. The molecule has 0 aliphatic rings. The van der Waals surface area contributed by atoms with Crippen molar-refractivity contribution in [3.05, 3.63) is 60.1 Å². The lowest BCUT2D eigenvalue weighted by Crippen LogP contribution is -2.30. The molecule has 0 aliphatic carbocycles. The Labute approximate surface area is 108 Å². The second kappa shape index (κ2) is 6.38. The molecule has 0 amide bonds. The third kappa shape index (κ3) is 3.45. The van der Waals surface area contributed by atoms with Crippen molar-refractivity contribution in [3.63, 3.8) is 0 Å². The second-order valence-electron chi connectivity index (χ2n) is 4.61. The maximum absolute atomic E-state index is 5.48. The molecule has 1 heterocycles. The highest BCUT2D eigenvalue weighted by Gasteiger charge is 2.15. The maximum atomic E-state index is 5.48. The van der Waals surface area contributed by atoms with Crippen LogP contribution in [0.25, 0.3) is 0 Å². The topological polar surface area (TPSA) is 28.4 Å². The van der Waals surface area contributed by atoms with Crippen LogP contribution in [0.1, 0.15) is 17.4 Å². The van der Waals surface area contributed by atoms with E-state index in [4.69, 9.17) is 4.42 Å². The Morgan fingerprint density at radius 2 is 1.89 bits per heavy atom. The molecule has 0 saturated carbocycles. The van der Waals surface area contributed by atoms with Crippen molar-refractivity contribution in [1.82, 2.24) is 10.2 Å². The molecular formula is C15H20N2O. The minimum Gasteiger partial charge on any atom is -0.468 e. The highest BCUT2D eigenvalue weighted by atomic mass is 16.3. The van der Waals surface area contributed by atoms with E-state index in [0.717, 1.165) is 18.8 Å². The predicted octanol–water partition coefficient (Wildman–Crippen LogP) is 2.67. The first-order chi connectivity index (χ1) is 8.77. The monoisotopic (exact) mass is 244 g/mol. The average molecular weight is 244 g/mol. The van der Waals surface area contributed by atoms with Crippen molar-refractivity contribution < 1.29 is 4.42 Å². The molecule has 0 spiro atoms. The molecular weight excluding hydrogens is 224 g/mol. The second-order valence-corrected chi connectivity index (χ2v) is 4.61. The number of hydrogen-bond acceptors (Lipinski definition) is 3. The van der Waals surface area contributed by atoms with Gasteiger partial charge in [-0.2, -0.15) is 0 Å². The van der Waals surface area contributed by atoms with E-state index in [-0.39, 0.29) is 6.04 Å². The molecule has 2 aromatic rings. The summed E-state index contributed by atoms with van der Waals surface area (Å²) in [7, 11) is 4.13. The van der Waals surface area contributed by atoms with Crippen molar-refractivity contribution in [3.8, 4) is 0 Å². The fourth-order valence-electron chi connectivity index (χ4n) is 1.97. The van der Waals surface area contributed by atoms with Crippen LogP contribution in [0.2, 0.25) is 0 Å². The van der Waals surface area contributed by atoms with Gasteiger partial charge in [-0.15, -0.1) is 0 Å². The summed E-state index contributed by atoms with van der Waals surface area (Å²) in [6.07, 6.45) is 1.73. The van der Waals surface area contributed by atoms with Crippen molar-refractivity contribution in [2.45, 2.75) is 12.6 Å². The lowest BCUT2D eigenvalue weighted by Gasteiger charge is -2.22. The Kier molecular flexibility index (Phi) is 4.56. The van der Waals surface area contributed by atoms with Crippen LogP contribution in [-0.2, 0) is 6.54 Å². The standard InChI is InChI=1S/C15H20N2O/c1-17(2)14(15-9-6-10-18-15)12-16-11-13-7-4-3-5-8-13/h3-10,14,16H,11-12H2,1-2H3. The van der Waals surface area contributed by atoms with E-state index in [1.807, 2.05) is 18.2 Å². The van der Waals surface area contributed by atoms with E-state index < -0.39 is 0 Å². The van der Waals surface area contributed by atoms with Gasteiger partial charge in [-0.3, -0.25) is 4.90 Å². The Hall–Kier alpha value is -1.58. The van der Waals surface area contributed by atoms with Crippen molar-refractivity contribution in [2.75, 3.05) is 20.6 Å². The average Bonchev–Trinajstić information content (AvgIpc) is 2.89. The normalized spacial score (nSPS) is 12.8. The van der Waals surface area contributed by atoms with Crippen LogP contribution in [0.3, 0.4) is 0 Å². The predicted molar refractivity (Wildman–Crippen MR) is 73.3 cm³/mol. The zero-order chi connectivity index (χ0) is 12.8. The molecule has 1 aromatic carbocycles. The van der Waals surface area contributed by atoms with E-state index in [0.29, 0.717) is 0 Å². The minimum absolute atomic E-state index is 0.267. The largest absolute Gasteiger partial charge is 0.468 e. The molecule has 96 valence electrons. The third-order valence-electron chi connectivity index (χ3n) is 3.00. The first kappa shape index (κ1) is 12.9. The number of benzene rings is 1. The molecule has 0 radical (unpaired) electrons. The Balaban J connectivity index is 1.87. The smallest absolute Gasteiger partial charge is 0.122 e. The van der Waals surface area contributed by atoms with Gasteiger partial charge in [0.05, 0.1) is 12.3 Å². The summed E-state index contributed by atoms with van der Waals surface area (Å²) >= 11 is 0. The van der Waals surface area contributed by atoms with Gasteiger partial charge in [-0.05, 0) is 31.8 Å². The van der Waals surface area contributed by atoms with Gasteiger partial charge in [0.2, 0.25) is 0 Å². The summed E-state index contributed by atoms with van der Waals surface area (Å²) in [5.41, 5.74) is 1.30. The van der Waals surface area contributed by atoms with Gasteiger partial charge in [0.25, 0.3) is 0 Å². The molecule has 0 saturated heterocycles. The van der Waals surface area contributed by atoms with Crippen LogP contribution in [0, 0.1) is 0 Å². The summed E-state index contributed by atoms with van der Waals surface area (Å²) in [5.74, 6) is 1.00. The van der Waals surface area contributed by atoms with E-state index >= 15 is 0 Å². The van der Waals surface area contributed by atoms with E-state index in [9.17, 15) is 0 Å². The van der Waals surface area contributed by atoms with Crippen LogP contribution in [0.15, 0.2) is 53.1 Å². The van der Waals surface area contributed by atoms with Gasteiger partial charge < -0.3 is 9.73 Å². The molecule has 2 rings (SSSR count).